The Morgan fingerprint density at radius 1 is 1.37 bits per heavy atom. The molecule has 6 heteroatoms. The molecule has 0 aromatic carbocycles. The lowest BCUT2D eigenvalue weighted by Crippen LogP contribution is -2.61. The van der Waals surface area contributed by atoms with Crippen LogP contribution in [0.1, 0.15) is 34.6 Å². The largest absolute Gasteiger partial charge is 0.382 e. The summed E-state index contributed by atoms with van der Waals surface area (Å²) in [6, 6.07) is 0.0603. The van der Waals surface area contributed by atoms with Crippen LogP contribution in [-0.2, 0) is 9.47 Å². The minimum absolute atomic E-state index is 0.0603. The van der Waals surface area contributed by atoms with E-state index in [2.05, 4.69) is 43.0 Å². The fraction of sp³-hybridized carbons (Fsp3) is 0.923. The highest BCUT2D eigenvalue weighted by Crippen LogP contribution is 2.27. The number of guanidine groups is 1. The van der Waals surface area contributed by atoms with Crippen LogP contribution in [0.2, 0.25) is 0 Å². The van der Waals surface area contributed by atoms with E-state index in [9.17, 15) is 0 Å². The van der Waals surface area contributed by atoms with Crippen LogP contribution in [0, 0.1) is 0 Å². The van der Waals surface area contributed by atoms with Crippen LogP contribution in [-0.4, -0.2) is 54.9 Å². The van der Waals surface area contributed by atoms with Gasteiger partial charge in [-0.3, -0.25) is 5.43 Å². The van der Waals surface area contributed by atoms with Gasteiger partial charge in [-0.1, -0.05) is 0 Å². The molecular formula is C13H28N4O2. The molecule has 1 saturated heterocycles. The Labute approximate surface area is 116 Å². The Morgan fingerprint density at radius 2 is 1.89 bits per heavy atom. The number of nitrogens with one attached hydrogen (secondary N) is 1. The summed E-state index contributed by atoms with van der Waals surface area (Å²) in [5.74, 6) is 6.31. The van der Waals surface area contributed by atoms with Crippen molar-refractivity contribution in [2.24, 2.45) is 10.8 Å². The molecule has 1 rings (SSSR count). The summed E-state index contributed by atoms with van der Waals surface area (Å²) in [5, 5.41) is 0. The van der Waals surface area contributed by atoms with Crippen LogP contribution in [0.3, 0.4) is 0 Å². The molecule has 0 aromatic heterocycles. The second kappa shape index (κ2) is 6.07. The highest BCUT2D eigenvalue weighted by molar-refractivity contribution is 5.79. The van der Waals surface area contributed by atoms with Crippen molar-refractivity contribution in [2.45, 2.75) is 51.9 Å². The van der Waals surface area contributed by atoms with Gasteiger partial charge in [-0.05, 0) is 34.6 Å². The van der Waals surface area contributed by atoms with E-state index in [-0.39, 0.29) is 17.2 Å². The number of morpholine rings is 1. The van der Waals surface area contributed by atoms with Gasteiger partial charge in [0.05, 0.1) is 23.9 Å². The van der Waals surface area contributed by atoms with Crippen molar-refractivity contribution in [1.29, 1.82) is 0 Å². The molecule has 0 radical (unpaired) electrons. The third kappa shape index (κ3) is 4.97. The zero-order chi connectivity index (χ0) is 14.7. The molecule has 0 aliphatic carbocycles. The van der Waals surface area contributed by atoms with Crippen LogP contribution in [0.25, 0.3) is 0 Å². The average Bonchev–Trinajstić information content (AvgIpc) is 2.21. The number of nitrogens with zero attached hydrogens (tertiary/aromatic N) is 2. The first kappa shape index (κ1) is 16.2. The molecule has 0 bridgehead atoms. The zero-order valence-corrected chi connectivity index (χ0v) is 13.0. The summed E-state index contributed by atoms with van der Waals surface area (Å²) in [7, 11) is 1.67. The molecule has 1 heterocycles. The van der Waals surface area contributed by atoms with Crippen LogP contribution in [0.15, 0.2) is 4.99 Å². The normalized spacial score (nSPS) is 24.2. The minimum Gasteiger partial charge on any atom is -0.382 e. The van der Waals surface area contributed by atoms with Gasteiger partial charge in [-0.2, -0.15) is 0 Å². The maximum atomic E-state index is 6.05. The van der Waals surface area contributed by atoms with Gasteiger partial charge in [0, 0.05) is 20.2 Å². The number of methoxy groups -OCH3 is 1. The van der Waals surface area contributed by atoms with Gasteiger partial charge in [0.25, 0.3) is 0 Å². The van der Waals surface area contributed by atoms with E-state index in [1.54, 1.807) is 7.11 Å². The summed E-state index contributed by atoms with van der Waals surface area (Å²) in [4.78, 5) is 6.70. The number of hydrazine groups is 1. The second-order valence-corrected chi connectivity index (χ2v) is 6.38. The minimum atomic E-state index is -0.232. The van der Waals surface area contributed by atoms with Gasteiger partial charge in [0.1, 0.15) is 0 Å². The lowest BCUT2D eigenvalue weighted by Gasteiger charge is -2.47. The second-order valence-electron chi connectivity index (χ2n) is 6.38. The topological polar surface area (TPSA) is 72.1 Å². The summed E-state index contributed by atoms with van der Waals surface area (Å²) in [5.41, 5.74) is 2.24. The average molecular weight is 272 g/mol. The smallest absolute Gasteiger partial charge is 0.208 e. The van der Waals surface area contributed by atoms with Crippen molar-refractivity contribution in [2.75, 3.05) is 26.8 Å². The first-order valence-corrected chi connectivity index (χ1v) is 6.67. The van der Waals surface area contributed by atoms with Crippen molar-refractivity contribution in [3.63, 3.8) is 0 Å². The van der Waals surface area contributed by atoms with Gasteiger partial charge >= 0.3 is 0 Å². The maximum Gasteiger partial charge on any atom is 0.208 e. The van der Waals surface area contributed by atoms with Gasteiger partial charge in [0.2, 0.25) is 5.96 Å². The van der Waals surface area contributed by atoms with Gasteiger partial charge in [-0.15, -0.1) is 0 Å². The molecule has 1 atom stereocenters. The molecule has 0 aromatic rings. The summed E-state index contributed by atoms with van der Waals surface area (Å²) < 4.78 is 11.1. The van der Waals surface area contributed by atoms with Gasteiger partial charge in [0.15, 0.2) is 0 Å². The number of hydrogen-bond donors (Lipinski definition) is 2. The summed E-state index contributed by atoms with van der Waals surface area (Å²) in [6.07, 6.45) is 0. The summed E-state index contributed by atoms with van der Waals surface area (Å²) >= 11 is 0. The van der Waals surface area contributed by atoms with Crippen molar-refractivity contribution in [3.05, 3.63) is 0 Å². The zero-order valence-electron chi connectivity index (χ0n) is 13.0. The highest BCUT2D eigenvalue weighted by atomic mass is 16.5. The van der Waals surface area contributed by atoms with E-state index in [0.717, 1.165) is 13.1 Å². The van der Waals surface area contributed by atoms with Crippen LogP contribution < -0.4 is 11.3 Å². The molecule has 0 spiro atoms. The van der Waals surface area contributed by atoms with Crippen LogP contribution >= 0.6 is 0 Å². The number of nitrogens with two attached hydrogens (primary N) is 1. The van der Waals surface area contributed by atoms with Gasteiger partial charge in [-0.25, -0.2) is 10.8 Å². The molecule has 1 aliphatic heterocycles. The molecule has 1 unspecified atom stereocenters. The monoisotopic (exact) mass is 272 g/mol. The van der Waals surface area contributed by atoms with Crippen molar-refractivity contribution in [1.82, 2.24) is 10.3 Å². The van der Waals surface area contributed by atoms with Gasteiger partial charge < -0.3 is 14.4 Å². The number of hydrogen-bond acceptors (Lipinski definition) is 4. The standard InChI is InChI=1S/C13H28N4O2/c1-10(7-18-6)15-11(16-14)17-8-12(2,3)19-13(4,5)9-17/h10H,7-9,14H2,1-6H3,(H,15,16). The number of ether oxygens (including phenoxy) is 2. The molecule has 1 fully saturated rings. The van der Waals surface area contributed by atoms with Crippen LogP contribution in [0.4, 0.5) is 0 Å². The molecule has 112 valence electrons. The van der Waals surface area contributed by atoms with E-state index in [0.29, 0.717) is 12.6 Å². The lowest BCUT2D eigenvalue weighted by molar-refractivity contribution is -0.167. The molecular weight excluding hydrogens is 244 g/mol. The number of aliphatic imine (C=N–C) groups is 1. The van der Waals surface area contributed by atoms with Crippen molar-refractivity contribution >= 4 is 5.96 Å². The number of rotatable bonds is 3. The fourth-order valence-electron chi connectivity index (χ4n) is 2.63. The Balaban J connectivity index is 2.85. The van der Waals surface area contributed by atoms with Crippen molar-refractivity contribution < 1.29 is 9.47 Å². The molecule has 3 N–H and O–H groups in total. The quantitative estimate of drug-likeness (QED) is 0.343. The van der Waals surface area contributed by atoms with E-state index in [1.165, 1.54) is 0 Å². The first-order chi connectivity index (χ1) is 8.69. The van der Waals surface area contributed by atoms with Crippen molar-refractivity contribution in [3.8, 4) is 0 Å². The third-order valence-electron chi connectivity index (χ3n) is 2.88. The SMILES string of the molecule is COCC(C)N=C(NN)N1CC(C)(C)OC(C)(C)C1. The summed E-state index contributed by atoms with van der Waals surface area (Å²) in [6.45, 7) is 12.4. The Morgan fingerprint density at radius 3 is 2.32 bits per heavy atom. The highest BCUT2D eigenvalue weighted by Gasteiger charge is 2.39. The fourth-order valence-corrected chi connectivity index (χ4v) is 2.63. The van der Waals surface area contributed by atoms with E-state index in [1.807, 2.05) is 6.92 Å². The molecule has 1 aliphatic rings. The lowest BCUT2D eigenvalue weighted by atomic mass is 9.99. The van der Waals surface area contributed by atoms with E-state index >= 15 is 0 Å². The molecule has 0 saturated carbocycles. The first-order valence-electron chi connectivity index (χ1n) is 6.67. The molecule has 0 amide bonds. The third-order valence-corrected chi connectivity index (χ3v) is 2.88. The maximum absolute atomic E-state index is 6.05. The predicted octanol–water partition coefficient (Wildman–Crippen LogP) is 0.730. The molecule has 19 heavy (non-hydrogen) atoms. The van der Waals surface area contributed by atoms with E-state index < -0.39 is 0 Å². The molecule has 6 nitrogen and oxygen atoms in total. The van der Waals surface area contributed by atoms with Crippen LogP contribution in [0.5, 0.6) is 0 Å². The predicted molar refractivity (Wildman–Crippen MR) is 76.9 cm³/mol. The van der Waals surface area contributed by atoms with E-state index in [4.69, 9.17) is 15.3 Å². The Hall–Kier alpha value is -0.850. The Kier molecular flexibility index (Phi) is 5.18. The Bertz CT molecular complexity index is 313.